The number of hydrogen-bond acceptors (Lipinski definition) is 6. The van der Waals surface area contributed by atoms with Crippen LogP contribution in [0.1, 0.15) is 11.1 Å². The summed E-state index contributed by atoms with van der Waals surface area (Å²) >= 11 is 0. The first kappa shape index (κ1) is 38.7. The Morgan fingerprint density at radius 3 is 1.80 bits per heavy atom. The maximum Gasteiger partial charge on any atom is 0.227 e. The van der Waals surface area contributed by atoms with Gasteiger partial charge in [0.25, 0.3) is 0 Å². The van der Waals surface area contributed by atoms with Gasteiger partial charge in [0, 0.05) is 62.2 Å². The van der Waals surface area contributed by atoms with Crippen LogP contribution in [0.3, 0.4) is 0 Å². The van der Waals surface area contributed by atoms with E-state index in [1.807, 2.05) is 97.1 Å². The van der Waals surface area contributed by atoms with Crippen molar-refractivity contribution in [2.75, 3.05) is 11.4 Å². The van der Waals surface area contributed by atoms with Crippen LogP contribution in [0, 0.1) is 0 Å². The molecule has 0 fully saturated rings. The third kappa shape index (κ3) is 6.96. The summed E-state index contributed by atoms with van der Waals surface area (Å²) < 4.78 is 8.94. The number of anilines is 2. The second-order valence-corrected chi connectivity index (χ2v) is 16.3. The Kier molecular flexibility index (Phi) is 9.57. The van der Waals surface area contributed by atoms with E-state index in [-0.39, 0.29) is 0 Å². The largest absolute Gasteiger partial charge is 0.434 e. The highest BCUT2D eigenvalue weighted by Crippen LogP contribution is 2.41. The number of fused-ring (bicyclic) bond motifs is 6. The molecule has 0 bridgehead atoms. The highest BCUT2D eigenvalue weighted by Gasteiger charge is 2.22. The minimum Gasteiger partial charge on any atom is -0.434 e. The first-order valence-corrected chi connectivity index (χ1v) is 22.0. The second kappa shape index (κ2) is 16.3. The van der Waals surface area contributed by atoms with Gasteiger partial charge in [-0.2, -0.15) is 0 Å². The molecule has 4 heterocycles. The molecule has 0 N–H and O–H groups in total. The topological polar surface area (TPSA) is 72.9 Å². The molecule has 1 aliphatic heterocycles. The van der Waals surface area contributed by atoms with Crippen molar-refractivity contribution >= 4 is 55.4 Å². The number of rotatable bonds is 7. The van der Waals surface area contributed by atoms with Gasteiger partial charge in [0.1, 0.15) is 5.52 Å². The van der Waals surface area contributed by atoms with Crippen molar-refractivity contribution in [3.05, 3.63) is 236 Å². The molecule has 0 saturated carbocycles. The highest BCUT2D eigenvalue weighted by molar-refractivity contribution is 6.17. The molecule has 0 unspecified atom stereocenters. The van der Waals surface area contributed by atoms with Gasteiger partial charge in [-0.25, -0.2) is 19.9 Å². The SMILES string of the molecule is C=C1/C=C(c2ccc3c(c2)c2ccc4nc(-c5ccccc5)oc4c2n3-c2ccccc2)\C=C/CN(c2cccc(-c3nc(-c4ccccc4)nc(-c4ccccc4)n3)c2)c2ccccc21. The van der Waals surface area contributed by atoms with Crippen LogP contribution >= 0.6 is 0 Å². The lowest BCUT2D eigenvalue weighted by atomic mass is 9.97. The number of hydrogen-bond donors (Lipinski definition) is 0. The van der Waals surface area contributed by atoms with Gasteiger partial charge in [-0.05, 0) is 89.5 Å². The van der Waals surface area contributed by atoms with Crippen LogP contribution in [0.2, 0.25) is 0 Å². The van der Waals surface area contributed by atoms with Crippen molar-refractivity contribution in [3.8, 4) is 51.3 Å². The Bertz CT molecular complexity index is 3630. The standard InChI is InChI=1S/C59H40N6O/c1-39-36-43(44-31-34-53-50(38-44)49-32-33-51-55(54(49)65(53)46-26-12-5-13-27-46)66-59(60-51)42-22-10-4-11-23-42)25-17-35-64(52-30-15-14-29-48(39)52)47-28-16-24-45(37-47)58-62-56(40-18-6-2-7-19-40)61-57(63-58)41-20-8-3-9-21-41/h2-34,36-38H,1,35H2/b25-17-,43-36+. The minimum absolute atomic E-state index is 0.601. The molecule has 0 atom stereocenters. The molecule has 11 aromatic rings. The van der Waals surface area contributed by atoms with Crippen molar-refractivity contribution < 1.29 is 4.42 Å². The van der Waals surface area contributed by atoms with Crippen LogP contribution in [0.5, 0.6) is 0 Å². The second-order valence-electron chi connectivity index (χ2n) is 16.3. The molecule has 0 amide bonds. The van der Waals surface area contributed by atoms with Gasteiger partial charge >= 0.3 is 0 Å². The Balaban J connectivity index is 0.948. The van der Waals surface area contributed by atoms with Crippen LogP contribution in [-0.4, -0.2) is 31.0 Å². The lowest BCUT2D eigenvalue weighted by Gasteiger charge is -2.26. The zero-order valence-electron chi connectivity index (χ0n) is 35.8. The summed E-state index contributed by atoms with van der Waals surface area (Å²) in [6.07, 6.45) is 6.66. The number of oxazole rings is 1. The summed E-state index contributed by atoms with van der Waals surface area (Å²) in [5.41, 5.74) is 14.6. The summed E-state index contributed by atoms with van der Waals surface area (Å²) in [6, 6.07) is 68.6. The molecule has 0 spiro atoms. The Labute approximate surface area is 381 Å². The molecule has 0 aliphatic carbocycles. The lowest BCUT2D eigenvalue weighted by molar-refractivity contribution is 0.622. The predicted octanol–water partition coefficient (Wildman–Crippen LogP) is 14.6. The van der Waals surface area contributed by atoms with E-state index in [2.05, 4.69) is 137 Å². The smallest absolute Gasteiger partial charge is 0.227 e. The number of nitrogens with zero attached hydrogens (tertiary/aromatic N) is 6. The maximum atomic E-state index is 6.64. The normalized spacial score (nSPS) is 14.1. The average molecular weight is 849 g/mol. The summed E-state index contributed by atoms with van der Waals surface area (Å²) in [5, 5.41) is 2.21. The maximum absolute atomic E-state index is 6.64. The van der Waals surface area contributed by atoms with Gasteiger partial charge < -0.3 is 13.9 Å². The van der Waals surface area contributed by atoms with Crippen molar-refractivity contribution in [3.63, 3.8) is 0 Å². The third-order valence-corrected chi connectivity index (χ3v) is 12.2. The molecular weight excluding hydrogens is 809 g/mol. The minimum atomic E-state index is 0.601. The first-order valence-electron chi connectivity index (χ1n) is 22.0. The molecule has 3 aromatic heterocycles. The first-order chi connectivity index (χ1) is 32.6. The van der Waals surface area contributed by atoms with Crippen LogP contribution in [0.15, 0.2) is 229 Å². The van der Waals surface area contributed by atoms with E-state index >= 15 is 0 Å². The molecule has 12 rings (SSSR count). The average Bonchev–Trinajstić information content (AvgIpc) is 3.99. The predicted molar refractivity (Wildman–Crippen MR) is 270 cm³/mol. The number of allylic oxidation sites excluding steroid dienone is 4. The molecule has 0 radical (unpaired) electrons. The molecule has 0 saturated heterocycles. The monoisotopic (exact) mass is 848 g/mol. The van der Waals surface area contributed by atoms with Crippen molar-refractivity contribution in [1.29, 1.82) is 0 Å². The Hall–Kier alpha value is -8.94. The van der Waals surface area contributed by atoms with E-state index in [9.17, 15) is 0 Å². The number of para-hydroxylation sites is 2. The van der Waals surface area contributed by atoms with E-state index < -0.39 is 0 Å². The highest BCUT2D eigenvalue weighted by atomic mass is 16.3. The molecule has 8 aromatic carbocycles. The van der Waals surface area contributed by atoms with E-state index in [0.29, 0.717) is 29.9 Å². The fourth-order valence-corrected chi connectivity index (χ4v) is 9.07. The van der Waals surface area contributed by atoms with Gasteiger partial charge in [-0.3, -0.25) is 0 Å². The van der Waals surface area contributed by atoms with E-state index in [4.69, 9.17) is 24.4 Å². The fourth-order valence-electron chi connectivity index (χ4n) is 9.07. The summed E-state index contributed by atoms with van der Waals surface area (Å²) in [5.74, 6) is 2.46. The van der Waals surface area contributed by atoms with Gasteiger partial charge in [-0.1, -0.05) is 152 Å². The number of benzene rings is 8. The van der Waals surface area contributed by atoms with Crippen molar-refractivity contribution in [2.45, 2.75) is 0 Å². The van der Waals surface area contributed by atoms with Crippen molar-refractivity contribution in [2.24, 2.45) is 0 Å². The van der Waals surface area contributed by atoms with E-state index in [1.54, 1.807) is 0 Å². The Morgan fingerprint density at radius 1 is 0.485 bits per heavy atom. The molecule has 7 heteroatoms. The fraction of sp³-hybridized carbons (Fsp3) is 0.0169. The lowest BCUT2D eigenvalue weighted by Crippen LogP contribution is -2.18. The summed E-state index contributed by atoms with van der Waals surface area (Å²) in [7, 11) is 0. The zero-order valence-corrected chi connectivity index (χ0v) is 35.8. The molecule has 1 aliphatic rings. The molecule has 312 valence electrons. The summed E-state index contributed by atoms with van der Waals surface area (Å²) in [6.45, 7) is 5.28. The van der Waals surface area contributed by atoms with Crippen LogP contribution in [0.25, 0.3) is 95.4 Å². The summed E-state index contributed by atoms with van der Waals surface area (Å²) in [4.78, 5) is 22.3. The van der Waals surface area contributed by atoms with Crippen molar-refractivity contribution in [1.82, 2.24) is 24.5 Å². The quantitative estimate of drug-likeness (QED) is 0.159. The molecule has 66 heavy (non-hydrogen) atoms. The molecule has 7 nitrogen and oxygen atoms in total. The number of aromatic nitrogens is 5. The van der Waals surface area contributed by atoms with Gasteiger partial charge in [0.15, 0.2) is 23.1 Å². The van der Waals surface area contributed by atoms with E-state index in [0.717, 1.165) is 94.5 Å². The van der Waals surface area contributed by atoms with E-state index in [1.165, 1.54) is 0 Å². The van der Waals surface area contributed by atoms with Crippen LogP contribution < -0.4 is 4.90 Å². The third-order valence-electron chi connectivity index (χ3n) is 12.2. The molecular formula is C59H40N6O. The van der Waals surface area contributed by atoms with Gasteiger partial charge in [0.2, 0.25) is 5.89 Å². The Morgan fingerprint density at radius 2 is 1.09 bits per heavy atom. The zero-order chi connectivity index (χ0) is 44.0. The van der Waals surface area contributed by atoms with Crippen LogP contribution in [-0.2, 0) is 0 Å². The van der Waals surface area contributed by atoms with Gasteiger partial charge in [0.05, 0.1) is 11.0 Å². The van der Waals surface area contributed by atoms with Gasteiger partial charge in [-0.15, -0.1) is 0 Å². The van der Waals surface area contributed by atoms with Crippen LogP contribution in [0.4, 0.5) is 11.4 Å².